The summed E-state index contributed by atoms with van der Waals surface area (Å²) in [6, 6.07) is 10.6. The second-order valence-electron chi connectivity index (χ2n) is 4.93. The van der Waals surface area contributed by atoms with Crippen LogP contribution in [-0.4, -0.2) is 0 Å². The van der Waals surface area contributed by atoms with E-state index in [1.54, 1.807) is 0 Å². The van der Waals surface area contributed by atoms with Crippen LogP contribution in [0.1, 0.15) is 32.8 Å². The van der Waals surface area contributed by atoms with Crippen molar-refractivity contribution in [1.29, 1.82) is 0 Å². The van der Waals surface area contributed by atoms with E-state index in [1.807, 2.05) is 0 Å². The second-order valence-corrected chi connectivity index (χ2v) is 4.93. The van der Waals surface area contributed by atoms with Crippen molar-refractivity contribution in [2.75, 3.05) is 0 Å². The van der Waals surface area contributed by atoms with Gasteiger partial charge in [0.2, 0.25) is 0 Å². The van der Waals surface area contributed by atoms with Crippen molar-refractivity contribution in [1.82, 2.24) is 0 Å². The highest BCUT2D eigenvalue weighted by molar-refractivity contribution is 5.17. The third-order valence-corrected chi connectivity index (χ3v) is 2.09. The van der Waals surface area contributed by atoms with Gasteiger partial charge in [0.05, 0.1) is 0 Å². The van der Waals surface area contributed by atoms with Crippen molar-refractivity contribution >= 4 is 0 Å². The minimum absolute atomic E-state index is 0.410. The highest BCUT2D eigenvalue weighted by atomic mass is 14.1. The molecule has 0 bridgehead atoms. The smallest absolute Gasteiger partial charge is 0.00975 e. The summed E-state index contributed by atoms with van der Waals surface area (Å²) in [5.74, 6) is 0. The maximum Gasteiger partial charge on any atom is -0.00975 e. The van der Waals surface area contributed by atoms with Crippen molar-refractivity contribution < 1.29 is 0 Å². The van der Waals surface area contributed by atoms with Crippen LogP contribution < -0.4 is 0 Å². The van der Waals surface area contributed by atoms with E-state index in [4.69, 9.17) is 0 Å². The Bertz CT molecular complexity index is 275. The Morgan fingerprint density at radius 2 is 1.64 bits per heavy atom. The van der Waals surface area contributed by atoms with E-state index in [2.05, 4.69) is 63.3 Å². The number of rotatable bonds is 3. The highest BCUT2D eigenvalue weighted by Crippen LogP contribution is 2.18. The Labute approximate surface area is 87.7 Å². The lowest BCUT2D eigenvalue weighted by molar-refractivity contribution is 0.420. The lowest BCUT2D eigenvalue weighted by Crippen LogP contribution is -2.01. The van der Waals surface area contributed by atoms with Gasteiger partial charge < -0.3 is 0 Å². The molecule has 1 aromatic carbocycles. The molecule has 0 atom stereocenters. The molecule has 76 valence electrons. The largest absolute Gasteiger partial charge is 0.0877 e. The summed E-state index contributed by atoms with van der Waals surface area (Å²) in [5.41, 5.74) is 1.80. The van der Waals surface area contributed by atoms with Crippen molar-refractivity contribution in [3.63, 3.8) is 0 Å². The highest BCUT2D eigenvalue weighted by Gasteiger charge is 2.05. The summed E-state index contributed by atoms with van der Waals surface area (Å²) in [6.45, 7) is 6.79. The zero-order valence-corrected chi connectivity index (χ0v) is 9.46. The summed E-state index contributed by atoms with van der Waals surface area (Å²) in [7, 11) is 0. The molecule has 0 nitrogen and oxygen atoms in total. The fourth-order valence-electron chi connectivity index (χ4n) is 1.27. The van der Waals surface area contributed by atoms with Crippen LogP contribution in [0.4, 0.5) is 0 Å². The van der Waals surface area contributed by atoms with Crippen LogP contribution in [0.3, 0.4) is 0 Å². The Hall–Kier alpha value is -1.04. The number of allylic oxidation sites excluding steroid dienone is 2. The van der Waals surface area contributed by atoms with Gasteiger partial charge in [-0.05, 0) is 23.8 Å². The van der Waals surface area contributed by atoms with Crippen LogP contribution in [0.5, 0.6) is 0 Å². The molecule has 0 radical (unpaired) electrons. The average Bonchev–Trinajstić information content (AvgIpc) is 2.13. The first kappa shape index (κ1) is 11.0. The predicted molar refractivity (Wildman–Crippen MR) is 63.4 cm³/mol. The minimum atomic E-state index is 0.410. The molecule has 0 heterocycles. The Morgan fingerprint density at radius 1 is 1.00 bits per heavy atom. The average molecular weight is 188 g/mol. The molecular formula is C14H20. The van der Waals surface area contributed by atoms with Gasteiger partial charge >= 0.3 is 0 Å². The fraction of sp³-hybridized carbons (Fsp3) is 0.429. The molecule has 0 saturated heterocycles. The minimum Gasteiger partial charge on any atom is -0.0877 e. The summed E-state index contributed by atoms with van der Waals surface area (Å²) >= 11 is 0. The molecule has 0 N–H and O–H groups in total. The Morgan fingerprint density at radius 3 is 2.21 bits per heavy atom. The third kappa shape index (κ3) is 4.86. The molecule has 1 rings (SSSR count). The second kappa shape index (κ2) is 4.99. The number of benzene rings is 1. The molecular weight excluding hydrogens is 168 g/mol. The van der Waals surface area contributed by atoms with E-state index >= 15 is 0 Å². The SMILES string of the molecule is CC(C)(C)CC=CCc1ccccc1. The molecule has 0 aromatic heterocycles. The van der Waals surface area contributed by atoms with Gasteiger partial charge in [-0.2, -0.15) is 0 Å². The third-order valence-electron chi connectivity index (χ3n) is 2.09. The Balaban J connectivity index is 2.35. The van der Waals surface area contributed by atoms with Crippen molar-refractivity contribution in [2.24, 2.45) is 5.41 Å². The molecule has 0 aliphatic rings. The fourth-order valence-corrected chi connectivity index (χ4v) is 1.27. The van der Waals surface area contributed by atoms with Gasteiger partial charge in [-0.15, -0.1) is 0 Å². The molecule has 0 fully saturated rings. The van der Waals surface area contributed by atoms with Gasteiger partial charge in [-0.1, -0.05) is 63.3 Å². The van der Waals surface area contributed by atoms with Crippen LogP contribution in [0.25, 0.3) is 0 Å². The quantitative estimate of drug-likeness (QED) is 0.623. The lowest BCUT2D eigenvalue weighted by Gasteiger charge is -2.14. The van der Waals surface area contributed by atoms with Gasteiger partial charge in [0.15, 0.2) is 0 Å². The topological polar surface area (TPSA) is 0 Å². The van der Waals surface area contributed by atoms with E-state index in [1.165, 1.54) is 5.56 Å². The van der Waals surface area contributed by atoms with Gasteiger partial charge in [0.1, 0.15) is 0 Å². The zero-order valence-electron chi connectivity index (χ0n) is 9.46. The van der Waals surface area contributed by atoms with Crippen molar-refractivity contribution in [3.05, 3.63) is 48.0 Å². The molecule has 0 aliphatic carbocycles. The summed E-state index contributed by atoms with van der Waals surface area (Å²) in [6.07, 6.45) is 6.75. The van der Waals surface area contributed by atoms with Gasteiger partial charge in [-0.25, -0.2) is 0 Å². The van der Waals surface area contributed by atoms with Crippen molar-refractivity contribution in [3.8, 4) is 0 Å². The monoisotopic (exact) mass is 188 g/mol. The standard InChI is InChI=1S/C14H20/c1-14(2,3)12-8-7-11-13-9-5-4-6-10-13/h4-10H,11-12H2,1-3H3. The first-order chi connectivity index (χ1) is 6.58. The first-order valence-corrected chi connectivity index (χ1v) is 5.27. The number of hydrogen-bond donors (Lipinski definition) is 0. The van der Waals surface area contributed by atoms with E-state index in [0.717, 1.165) is 12.8 Å². The van der Waals surface area contributed by atoms with E-state index in [-0.39, 0.29) is 0 Å². The van der Waals surface area contributed by atoms with Crippen LogP contribution in [-0.2, 0) is 6.42 Å². The van der Waals surface area contributed by atoms with Gasteiger partial charge in [-0.3, -0.25) is 0 Å². The van der Waals surface area contributed by atoms with E-state index in [9.17, 15) is 0 Å². The van der Waals surface area contributed by atoms with Crippen LogP contribution >= 0.6 is 0 Å². The summed E-state index contributed by atoms with van der Waals surface area (Å²) < 4.78 is 0. The van der Waals surface area contributed by atoms with Gasteiger partial charge in [0.25, 0.3) is 0 Å². The Kier molecular flexibility index (Phi) is 3.94. The van der Waals surface area contributed by atoms with Crippen LogP contribution in [0.2, 0.25) is 0 Å². The maximum absolute atomic E-state index is 2.28. The molecule has 14 heavy (non-hydrogen) atoms. The predicted octanol–water partition coefficient (Wildman–Crippen LogP) is 4.22. The molecule has 0 spiro atoms. The molecule has 0 aliphatic heterocycles. The lowest BCUT2D eigenvalue weighted by atomic mass is 9.92. The molecule has 0 unspecified atom stereocenters. The van der Waals surface area contributed by atoms with Crippen LogP contribution in [0, 0.1) is 5.41 Å². The summed E-state index contributed by atoms with van der Waals surface area (Å²) in [4.78, 5) is 0. The number of hydrogen-bond acceptors (Lipinski definition) is 0. The molecule has 0 saturated carbocycles. The zero-order chi connectivity index (χ0) is 10.4. The maximum atomic E-state index is 2.28. The summed E-state index contributed by atoms with van der Waals surface area (Å²) in [5, 5.41) is 0. The normalized spacial score (nSPS) is 12.2. The first-order valence-electron chi connectivity index (χ1n) is 5.27. The van der Waals surface area contributed by atoms with E-state index < -0.39 is 0 Å². The molecule has 0 heteroatoms. The van der Waals surface area contributed by atoms with Crippen molar-refractivity contribution in [2.45, 2.75) is 33.6 Å². The van der Waals surface area contributed by atoms with Gasteiger partial charge in [0, 0.05) is 0 Å². The molecule has 0 amide bonds. The molecule has 1 aromatic rings. The van der Waals surface area contributed by atoms with Crippen LogP contribution in [0.15, 0.2) is 42.5 Å². The van der Waals surface area contributed by atoms with E-state index in [0.29, 0.717) is 5.41 Å².